The summed E-state index contributed by atoms with van der Waals surface area (Å²) >= 11 is 5.15. The molecule has 0 N–H and O–H groups in total. The zero-order valence-corrected chi connectivity index (χ0v) is 10.2. The first-order chi connectivity index (χ1) is 7.74. The summed E-state index contributed by atoms with van der Waals surface area (Å²) < 4.78 is 0. The third kappa shape index (κ3) is 2.89. The lowest BCUT2D eigenvalue weighted by Crippen LogP contribution is -2.41. The maximum atomic E-state index is 5.17. The fraction of sp³-hybridized carbons (Fsp3) is 0.300. The highest BCUT2D eigenvalue weighted by Gasteiger charge is 2.18. The van der Waals surface area contributed by atoms with E-state index in [-0.39, 0.29) is 5.11 Å². The molecule has 88 valence electrons. The molecule has 6 heteroatoms. The molecule has 0 saturated heterocycles. The molecule has 0 bridgehead atoms. The summed E-state index contributed by atoms with van der Waals surface area (Å²) in [4.78, 5) is 15.0. The van der Waals surface area contributed by atoms with Crippen LogP contribution in [0.5, 0.6) is 0 Å². The topological polar surface area (TPSA) is 34.2 Å². The van der Waals surface area contributed by atoms with Crippen molar-refractivity contribution in [1.82, 2.24) is 5.23 Å². The van der Waals surface area contributed by atoms with Crippen LogP contribution in [0.1, 0.15) is 0 Å². The van der Waals surface area contributed by atoms with Gasteiger partial charge < -0.3 is 0 Å². The summed E-state index contributed by atoms with van der Waals surface area (Å²) in [7, 11) is 4.42. The average molecular weight is 242 g/mol. The van der Waals surface area contributed by atoms with Crippen LogP contribution in [0.3, 0.4) is 0 Å². The van der Waals surface area contributed by atoms with Crippen molar-refractivity contribution in [3.05, 3.63) is 30.3 Å². The van der Waals surface area contributed by atoms with Crippen molar-refractivity contribution in [3.8, 4) is 0 Å². The van der Waals surface area contributed by atoms with E-state index < -0.39 is 0 Å². The molecular weight excluding hydrogens is 228 g/mol. The summed E-state index contributed by atoms with van der Waals surface area (Å²) in [6, 6.07) is 9.39. The molecule has 0 aromatic heterocycles. The van der Waals surface area contributed by atoms with Crippen LogP contribution in [0.2, 0.25) is 0 Å². The van der Waals surface area contributed by atoms with E-state index in [1.54, 1.807) is 0 Å². The standard InChI is InChI=1S/C10H14N2O3S/c1-13-11(9-7-5-4-6-8-9)10(16)12(14-2)15-3/h4-8H,1-3H3. The van der Waals surface area contributed by atoms with Crippen molar-refractivity contribution < 1.29 is 14.5 Å². The summed E-state index contributed by atoms with van der Waals surface area (Å²) in [5.74, 6) is 0. The number of thiocarbonyl (C=S) groups is 1. The molecule has 0 saturated carbocycles. The fourth-order valence-corrected chi connectivity index (χ4v) is 1.49. The summed E-state index contributed by atoms with van der Waals surface area (Å²) in [6.07, 6.45) is 0. The molecule has 1 aromatic carbocycles. The number of hydroxylamine groups is 3. The highest BCUT2D eigenvalue weighted by Crippen LogP contribution is 2.15. The first-order valence-corrected chi connectivity index (χ1v) is 4.97. The molecule has 0 heterocycles. The molecule has 0 spiro atoms. The van der Waals surface area contributed by atoms with Gasteiger partial charge in [0.15, 0.2) is 0 Å². The number of benzene rings is 1. The van der Waals surface area contributed by atoms with Crippen LogP contribution >= 0.6 is 12.2 Å². The lowest BCUT2D eigenvalue weighted by atomic mass is 10.3. The Morgan fingerprint density at radius 3 is 2.00 bits per heavy atom. The molecule has 16 heavy (non-hydrogen) atoms. The van der Waals surface area contributed by atoms with Crippen LogP contribution in [-0.4, -0.2) is 31.7 Å². The number of hydrogen-bond donors (Lipinski definition) is 0. The predicted octanol–water partition coefficient (Wildman–Crippen LogP) is 1.76. The first-order valence-electron chi connectivity index (χ1n) is 4.56. The van der Waals surface area contributed by atoms with Gasteiger partial charge in [0.25, 0.3) is 5.11 Å². The van der Waals surface area contributed by atoms with E-state index >= 15 is 0 Å². The van der Waals surface area contributed by atoms with Gasteiger partial charge in [-0.3, -0.25) is 4.84 Å². The van der Waals surface area contributed by atoms with E-state index in [2.05, 4.69) is 0 Å². The van der Waals surface area contributed by atoms with Gasteiger partial charge in [-0.1, -0.05) is 23.4 Å². The molecule has 0 aliphatic rings. The van der Waals surface area contributed by atoms with Crippen molar-refractivity contribution >= 4 is 23.0 Å². The first kappa shape index (κ1) is 12.9. The Kier molecular flexibility index (Phi) is 5.13. The van der Waals surface area contributed by atoms with Crippen molar-refractivity contribution in [3.63, 3.8) is 0 Å². The second-order valence-electron chi connectivity index (χ2n) is 2.72. The Morgan fingerprint density at radius 1 is 1.00 bits per heavy atom. The second-order valence-corrected chi connectivity index (χ2v) is 3.08. The zero-order valence-electron chi connectivity index (χ0n) is 9.41. The summed E-state index contributed by atoms with van der Waals surface area (Å²) in [6.45, 7) is 0. The summed E-state index contributed by atoms with van der Waals surface area (Å²) in [5.41, 5.74) is 0.786. The fourth-order valence-electron chi connectivity index (χ4n) is 1.16. The van der Waals surface area contributed by atoms with Gasteiger partial charge in [0.2, 0.25) is 0 Å². The van der Waals surface area contributed by atoms with Crippen molar-refractivity contribution in [2.24, 2.45) is 0 Å². The summed E-state index contributed by atoms with van der Waals surface area (Å²) in [5, 5.41) is 2.74. The monoisotopic (exact) mass is 242 g/mol. The largest absolute Gasteiger partial charge is 0.270 e. The zero-order chi connectivity index (χ0) is 12.0. The van der Waals surface area contributed by atoms with Crippen LogP contribution in [0, 0.1) is 0 Å². The molecule has 0 radical (unpaired) electrons. The van der Waals surface area contributed by atoms with Crippen LogP contribution in [0.4, 0.5) is 5.69 Å². The molecule has 0 aliphatic heterocycles. The third-order valence-corrected chi connectivity index (χ3v) is 2.15. The third-order valence-electron chi connectivity index (χ3n) is 1.83. The predicted molar refractivity (Wildman–Crippen MR) is 64.4 cm³/mol. The lowest BCUT2D eigenvalue weighted by Gasteiger charge is -2.27. The highest BCUT2D eigenvalue weighted by atomic mass is 32.1. The van der Waals surface area contributed by atoms with E-state index in [0.717, 1.165) is 10.9 Å². The molecule has 0 fully saturated rings. The van der Waals surface area contributed by atoms with Crippen LogP contribution < -0.4 is 5.06 Å². The van der Waals surface area contributed by atoms with Gasteiger partial charge in [-0.15, -0.1) is 0 Å². The molecule has 0 atom stereocenters. The van der Waals surface area contributed by atoms with Crippen LogP contribution in [0.15, 0.2) is 30.3 Å². The highest BCUT2D eigenvalue weighted by molar-refractivity contribution is 7.80. The van der Waals surface area contributed by atoms with Crippen LogP contribution in [0.25, 0.3) is 0 Å². The minimum Gasteiger partial charge on any atom is -0.270 e. The average Bonchev–Trinajstić information content (AvgIpc) is 2.33. The second kappa shape index (κ2) is 6.39. The van der Waals surface area contributed by atoms with Gasteiger partial charge >= 0.3 is 0 Å². The Balaban J connectivity index is 2.86. The van der Waals surface area contributed by atoms with Gasteiger partial charge in [-0.05, 0) is 24.4 Å². The van der Waals surface area contributed by atoms with Crippen LogP contribution in [-0.2, 0) is 14.5 Å². The maximum absolute atomic E-state index is 5.17. The van der Waals surface area contributed by atoms with Gasteiger partial charge in [0.1, 0.15) is 0 Å². The lowest BCUT2D eigenvalue weighted by molar-refractivity contribution is -0.287. The Hall–Kier alpha value is -1.21. The molecule has 1 aromatic rings. The molecule has 1 rings (SSSR count). The quantitative estimate of drug-likeness (QED) is 0.591. The van der Waals surface area contributed by atoms with E-state index in [1.807, 2.05) is 30.3 Å². The molecule has 0 aliphatic carbocycles. The maximum Gasteiger partial charge on any atom is 0.254 e. The molecule has 0 unspecified atom stereocenters. The number of rotatable bonds is 4. The van der Waals surface area contributed by atoms with Crippen molar-refractivity contribution in [1.29, 1.82) is 0 Å². The van der Waals surface area contributed by atoms with Gasteiger partial charge in [-0.25, -0.2) is 9.68 Å². The van der Waals surface area contributed by atoms with E-state index in [4.69, 9.17) is 26.7 Å². The number of hydrogen-bond acceptors (Lipinski definition) is 4. The van der Waals surface area contributed by atoms with E-state index in [1.165, 1.54) is 26.4 Å². The minimum absolute atomic E-state index is 0.249. The van der Waals surface area contributed by atoms with Crippen molar-refractivity contribution in [2.45, 2.75) is 0 Å². The van der Waals surface area contributed by atoms with Crippen molar-refractivity contribution in [2.75, 3.05) is 26.4 Å². The Bertz CT molecular complexity index is 330. The normalized spacial score (nSPS) is 9.94. The number of anilines is 1. The Labute approximate surface area is 100.0 Å². The Morgan fingerprint density at radius 2 is 1.56 bits per heavy atom. The van der Waals surface area contributed by atoms with E-state index in [0.29, 0.717) is 0 Å². The number of para-hydroxylation sites is 1. The van der Waals surface area contributed by atoms with Gasteiger partial charge in [-0.2, -0.15) is 5.06 Å². The molecule has 5 nitrogen and oxygen atoms in total. The molecule has 0 amide bonds. The smallest absolute Gasteiger partial charge is 0.254 e. The number of nitrogens with zero attached hydrogens (tertiary/aromatic N) is 2. The van der Waals surface area contributed by atoms with E-state index in [9.17, 15) is 0 Å². The van der Waals surface area contributed by atoms with Gasteiger partial charge in [0, 0.05) is 0 Å². The SMILES string of the molecule is CON(OC)C(=S)N(OC)c1ccccc1. The molecular formula is C10H14N2O3S. The minimum atomic E-state index is 0.249. The van der Waals surface area contributed by atoms with Gasteiger partial charge in [0.05, 0.1) is 27.0 Å².